The van der Waals surface area contributed by atoms with Crippen LogP contribution in [0.1, 0.15) is 37.0 Å². The van der Waals surface area contributed by atoms with E-state index in [1.165, 1.54) is 17.7 Å². The van der Waals surface area contributed by atoms with Crippen molar-refractivity contribution in [2.45, 2.75) is 43.9 Å². The topological polar surface area (TPSA) is 77.2 Å². The van der Waals surface area contributed by atoms with E-state index in [9.17, 15) is 9.18 Å². The Balaban J connectivity index is 1.52. The quantitative estimate of drug-likeness (QED) is 0.548. The van der Waals surface area contributed by atoms with Gasteiger partial charge in [-0.05, 0) is 38.5 Å². The number of thioether (sulfide) groups is 1. The second-order valence-electron chi connectivity index (χ2n) is 6.56. The largest absolute Gasteiger partial charge is 0.478 e. The lowest BCUT2D eigenvalue weighted by atomic mass is 10.1. The fraction of sp³-hybridized carbons (Fsp3) is 0.286. The Morgan fingerprint density at radius 3 is 2.62 bits per heavy atom. The molecule has 0 unspecified atom stereocenters. The van der Waals surface area contributed by atoms with Gasteiger partial charge in [-0.3, -0.25) is 4.79 Å². The highest BCUT2D eigenvalue weighted by Gasteiger charge is 2.21. The number of ether oxygens (including phenoxy) is 1. The highest BCUT2D eigenvalue weighted by atomic mass is 32.2. The Bertz CT molecular complexity index is 962. The van der Waals surface area contributed by atoms with Gasteiger partial charge in [-0.1, -0.05) is 53.7 Å². The van der Waals surface area contributed by atoms with Gasteiger partial charge in [0.1, 0.15) is 0 Å². The maximum atomic E-state index is 13.7. The van der Waals surface area contributed by atoms with Gasteiger partial charge in [0.15, 0.2) is 17.7 Å². The van der Waals surface area contributed by atoms with Crippen LogP contribution in [0.2, 0.25) is 0 Å². The summed E-state index contributed by atoms with van der Waals surface area (Å²) in [6, 6.07) is 14.1. The molecule has 1 heterocycles. The zero-order valence-electron chi connectivity index (χ0n) is 16.4. The maximum absolute atomic E-state index is 13.7. The molecule has 0 radical (unpaired) electrons. The predicted molar refractivity (Wildman–Crippen MR) is 108 cm³/mol. The molecule has 29 heavy (non-hydrogen) atoms. The molecular weight excluding hydrogens is 393 g/mol. The van der Waals surface area contributed by atoms with Gasteiger partial charge in [-0.15, -0.1) is 10.2 Å². The highest BCUT2D eigenvalue weighted by molar-refractivity contribution is 8.00. The first-order valence-corrected chi connectivity index (χ1v) is 10.0. The fourth-order valence-corrected chi connectivity index (χ4v) is 3.17. The minimum Gasteiger partial charge on any atom is -0.478 e. The number of hydrogen-bond donors (Lipinski definition) is 1. The van der Waals surface area contributed by atoms with E-state index in [1.807, 2.05) is 31.2 Å². The standard InChI is InChI=1S/C21H22FN3O3S/c1-13-8-10-16(11-9-13)12-23-19(26)15(3)29-21-25-24-20(28-21)14(2)27-18-7-5-4-6-17(18)22/h4-11,14-15H,12H2,1-3H3,(H,23,26)/t14-,15+/m0/s1. The van der Waals surface area contributed by atoms with Crippen molar-refractivity contribution in [3.05, 3.63) is 71.4 Å². The van der Waals surface area contributed by atoms with Gasteiger partial charge in [0.2, 0.25) is 5.91 Å². The number of aromatic nitrogens is 2. The van der Waals surface area contributed by atoms with Crippen LogP contribution in [-0.2, 0) is 11.3 Å². The molecule has 3 aromatic rings. The van der Waals surface area contributed by atoms with Gasteiger partial charge in [-0.25, -0.2) is 4.39 Å². The molecule has 6 nitrogen and oxygen atoms in total. The molecule has 8 heteroatoms. The van der Waals surface area contributed by atoms with Crippen LogP contribution in [0.5, 0.6) is 5.75 Å². The molecule has 0 saturated heterocycles. The Labute approximate surface area is 172 Å². The molecule has 1 amide bonds. The summed E-state index contributed by atoms with van der Waals surface area (Å²) in [4.78, 5) is 12.3. The number of para-hydroxylation sites is 1. The second-order valence-corrected chi connectivity index (χ2v) is 7.85. The molecule has 0 spiro atoms. The lowest BCUT2D eigenvalue weighted by Crippen LogP contribution is -2.30. The van der Waals surface area contributed by atoms with Gasteiger partial charge in [-0.2, -0.15) is 0 Å². The van der Waals surface area contributed by atoms with Crippen LogP contribution in [-0.4, -0.2) is 21.4 Å². The first-order chi connectivity index (χ1) is 13.9. The first-order valence-electron chi connectivity index (χ1n) is 9.17. The lowest BCUT2D eigenvalue weighted by molar-refractivity contribution is -0.120. The fourth-order valence-electron chi connectivity index (χ4n) is 2.46. The Hall–Kier alpha value is -2.87. The smallest absolute Gasteiger partial charge is 0.277 e. The number of aryl methyl sites for hydroxylation is 1. The van der Waals surface area contributed by atoms with Gasteiger partial charge in [0.25, 0.3) is 11.1 Å². The number of nitrogens with zero attached hydrogens (tertiary/aromatic N) is 2. The molecule has 0 aliphatic rings. The van der Waals surface area contributed by atoms with E-state index in [2.05, 4.69) is 15.5 Å². The number of carbonyl (C=O) groups is 1. The van der Waals surface area contributed by atoms with Gasteiger partial charge in [0, 0.05) is 6.54 Å². The molecule has 0 aliphatic carbocycles. The average Bonchev–Trinajstić information content (AvgIpc) is 3.17. The molecule has 152 valence electrons. The number of benzene rings is 2. The molecule has 0 saturated carbocycles. The molecule has 1 N–H and O–H groups in total. The van der Waals surface area contributed by atoms with E-state index < -0.39 is 17.2 Å². The molecule has 0 fully saturated rings. The van der Waals surface area contributed by atoms with Crippen molar-refractivity contribution in [1.82, 2.24) is 15.5 Å². The van der Waals surface area contributed by atoms with Crippen LogP contribution < -0.4 is 10.1 Å². The van der Waals surface area contributed by atoms with E-state index in [-0.39, 0.29) is 22.8 Å². The van der Waals surface area contributed by atoms with Crippen LogP contribution in [0.3, 0.4) is 0 Å². The van der Waals surface area contributed by atoms with E-state index in [0.717, 1.165) is 17.3 Å². The van der Waals surface area contributed by atoms with Crippen LogP contribution in [0.4, 0.5) is 4.39 Å². The van der Waals surface area contributed by atoms with Crippen molar-refractivity contribution in [1.29, 1.82) is 0 Å². The summed E-state index contributed by atoms with van der Waals surface area (Å²) < 4.78 is 24.8. The number of amides is 1. The van der Waals surface area contributed by atoms with E-state index >= 15 is 0 Å². The number of hydrogen-bond acceptors (Lipinski definition) is 6. The molecule has 0 bridgehead atoms. The third-order valence-electron chi connectivity index (χ3n) is 4.14. The third-order valence-corrected chi connectivity index (χ3v) is 5.08. The van der Waals surface area contributed by atoms with Crippen molar-refractivity contribution in [3.8, 4) is 5.75 Å². The predicted octanol–water partition coefficient (Wildman–Crippen LogP) is 4.45. The van der Waals surface area contributed by atoms with Gasteiger partial charge in [0.05, 0.1) is 5.25 Å². The Morgan fingerprint density at radius 1 is 1.17 bits per heavy atom. The van der Waals surface area contributed by atoms with Crippen molar-refractivity contribution in [2.24, 2.45) is 0 Å². The summed E-state index contributed by atoms with van der Waals surface area (Å²) in [5.41, 5.74) is 2.20. The monoisotopic (exact) mass is 415 g/mol. The molecule has 3 rings (SSSR count). The van der Waals surface area contributed by atoms with Crippen LogP contribution in [0, 0.1) is 12.7 Å². The minimum absolute atomic E-state index is 0.108. The van der Waals surface area contributed by atoms with Crippen molar-refractivity contribution < 1.29 is 18.3 Å². The van der Waals surface area contributed by atoms with Crippen LogP contribution in [0.15, 0.2) is 58.2 Å². The van der Waals surface area contributed by atoms with Crippen molar-refractivity contribution >= 4 is 17.7 Å². The Morgan fingerprint density at radius 2 is 1.90 bits per heavy atom. The molecule has 1 aromatic heterocycles. The zero-order chi connectivity index (χ0) is 20.8. The van der Waals surface area contributed by atoms with Crippen LogP contribution in [0.25, 0.3) is 0 Å². The van der Waals surface area contributed by atoms with E-state index in [0.29, 0.717) is 6.54 Å². The molecule has 0 aliphatic heterocycles. The molecule has 2 atom stereocenters. The summed E-state index contributed by atoms with van der Waals surface area (Å²) in [6.45, 7) is 5.92. The number of nitrogens with one attached hydrogen (secondary N) is 1. The van der Waals surface area contributed by atoms with Crippen molar-refractivity contribution in [2.75, 3.05) is 0 Å². The SMILES string of the molecule is Cc1ccc(CNC(=O)[C@@H](C)Sc2nnc([C@H](C)Oc3ccccc3F)o2)cc1. The van der Waals surface area contributed by atoms with Gasteiger partial charge < -0.3 is 14.5 Å². The van der Waals surface area contributed by atoms with Crippen LogP contribution >= 0.6 is 11.8 Å². The number of carbonyl (C=O) groups excluding carboxylic acids is 1. The zero-order valence-corrected chi connectivity index (χ0v) is 17.2. The van der Waals surface area contributed by atoms with E-state index in [4.69, 9.17) is 9.15 Å². The highest BCUT2D eigenvalue weighted by Crippen LogP contribution is 2.27. The summed E-state index contributed by atoms with van der Waals surface area (Å²) in [7, 11) is 0. The third kappa shape index (κ3) is 5.80. The molecular formula is C21H22FN3O3S. The van der Waals surface area contributed by atoms with E-state index in [1.54, 1.807) is 26.0 Å². The van der Waals surface area contributed by atoms with Crippen molar-refractivity contribution in [3.63, 3.8) is 0 Å². The normalized spacial score (nSPS) is 13.0. The summed E-state index contributed by atoms with van der Waals surface area (Å²) >= 11 is 1.16. The summed E-state index contributed by atoms with van der Waals surface area (Å²) in [6.07, 6.45) is -0.626. The maximum Gasteiger partial charge on any atom is 0.277 e. The minimum atomic E-state index is -0.626. The summed E-state index contributed by atoms with van der Waals surface area (Å²) in [5.74, 6) is -0.280. The lowest BCUT2D eigenvalue weighted by Gasteiger charge is -2.11. The second kappa shape index (κ2) is 9.56. The van der Waals surface area contributed by atoms with Gasteiger partial charge >= 0.3 is 0 Å². The summed E-state index contributed by atoms with van der Waals surface area (Å²) in [5, 5.41) is 10.6. The molecule has 2 aromatic carbocycles. The number of halogens is 1. The first kappa shape index (κ1) is 20.9. The Kier molecular flexibility index (Phi) is 6.87. The number of rotatable bonds is 8. The average molecular weight is 415 g/mol.